The van der Waals surface area contributed by atoms with E-state index < -0.39 is 11.9 Å². The van der Waals surface area contributed by atoms with Gasteiger partial charge in [0, 0.05) is 29.0 Å². The van der Waals surface area contributed by atoms with Gasteiger partial charge in [0.15, 0.2) is 11.2 Å². The van der Waals surface area contributed by atoms with E-state index in [1.165, 1.54) is 6.26 Å². The lowest BCUT2D eigenvalue weighted by Crippen LogP contribution is -2.36. The fraction of sp³-hybridized carbons (Fsp3) is 0.276. The summed E-state index contributed by atoms with van der Waals surface area (Å²) < 4.78 is 16.7. The number of hydrogen-bond acceptors (Lipinski definition) is 7. The molecule has 3 aromatic rings. The van der Waals surface area contributed by atoms with Crippen molar-refractivity contribution in [2.45, 2.75) is 45.6 Å². The number of aryl methyl sites for hydroxylation is 1. The number of fused-ring (bicyclic) bond motifs is 1. The number of carbonyl (C=O) groups excluding carboxylic acids is 2. The lowest BCUT2D eigenvalue weighted by molar-refractivity contribution is -0.140. The van der Waals surface area contributed by atoms with Gasteiger partial charge in [0.25, 0.3) is 0 Å². The van der Waals surface area contributed by atoms with Crippen LogP contribution in [0, 0.1) is 6.92 Å². The van der Waals surface area contributed by atoms with Crippen molar-refractivity contribution >= 4 is 22.7 Å². The lowest BCUT2D eigenvalue weighted by atomic mass is 9.75. The molecule has 36 heavy (non-hydrogen) atoms. The first-order valence-electron chi connectivity index (χ1n) is 11.9. The van der Waals surface area contributed by atoms with E-state index in [0.29, 0.717) is 47.3 Å². The van der Waals surface area contributed by atoms with Gasteiger partial charge in [0.2, 0.25) is 0 Å². The fourth-order valence-corrected chi connectivity index (χ4v) is 4.97. The van der Waals surface area contributed by atoms with Crippen LogP contribution < -0.4 is 15.5 Å². The van der Waals surface area contributed by atoms with E-state index in [2.05, 4.69) is 5.32 Å². The number of nitrogens with one attached hydrogen (secondary N) is 1. The molecule has 0 radical (unpaired) electrons. The minimum absolute atomic E-state index is 0.0394. The number of rotatable bonds is 5. The van der Waals surface area contributed by atoms with Crippen LogP contribution in [0.1, 0.15) is 48.8 Å². The summed E-state index contributed by atoms with van der Waals surface area (Å²) in [4.78, 5) is 40.3. The quantitative estimate of drug-likeness (QED) is 0.518. The van der Waals surface area contributed by atoms with E-state index in [4.69, 9.17) is 13.9 Å². The Kier molecular flexibility index (Phi) is 6.22. The minimum Gasteiger partial charge on any atom is -0.497 e. The number of ketones is 1. The topological polar surface area (TPSA) is 94.8 Å². The van der Waals surface area contributed by atoms with Crippen molar-refractivity contribution in [2.75, 3.05) is 7.11 Å². The molecular weight excluding hydrogens is 458 g/mol. The first kappa shape index (κ1) is 23.6. The van der Waals surface area contributed by atoms with Gasteiger partial charge >= 0.3 is 5.97 Å². The number of Topliss-reactive ketones (excluding diaryl/α,β-unsaturated/α-hetero) is 1. The van der Waals surface area contributed by atoms with Crippen molar-refractivity contribution in [1.82, 2.24) is 5.32 Å². The summed E-state index contributed by atoms with van der Waals surface area (Å²) >= 11 is 0. The summed E-state index contributed by atoms with van der Waals surface area (Å²) in [5.41, 5.74) is 4.17. The fourth-order valence-electron chi connectivity index (χ4n) is 4.97. The molecule has 2 aromatic carbocycles. The summed E-state index contributed by atoms with van der Waals surface area (Å²) in [6.45, 7) is 3.71. The zero-order chi connectivity index (χ0) is 25.4. The maximum absolute atomic E-state index is 13.7. The summed E-state index contributed by atoms with van der Waals surface area (Å²) in [5.74, 6) is -0.827. The number of hydrogen-bond donors (Lipinski definition) is 1. The SMILES string of the molecule is COc1ccc(COC(=O)C2=C(C)NC3=C(C(=O)CCC3)[C@@H]2c2coc3ccc(C)cc3c2=O)cc1. The van der Waals surface area contributed by atoms with Gasteiger partial charge in [-0.3, -0.25) is 9.59 Å². The molecule has 0 fully saturated rings. The van der Waals surface area contributed by atoms with E-state index in [-0.39, 0.29) is 29.0 Å². The van der Waals surface area contributed by atoms with Crippen LogP contribution in [-0.4, -0.2) is 18.9 Å². The molecule has 184 valence electrons. The molecule has 1 aromatic heterocycles. The minimum atomic E-state index is -0.862. The van der Waals surface area contributed by atoms with Crippen molar-refractivity contribution in [1.29, 1.82) is 0 Å². The lowest BCUT2D eigenvalue weighted by Gasteiger charge is -2.33. The van der Waals surface area contributed by atoms with Crippen LogP contribution in [0.15, 0.2) is 80.5 Å². The largest absolute Gasteiger partial charge is 0.497 e. The molecule has 2 heterocycles. The number of esters is 1. The standard InChI is InChI=1S/C29H27NO6/c1-16-7-12-24-20(13-16)28(32)21(15-35-24)26-25(17(2)30-22-5-4-6-23(31)27(22)26)29(33)36-14-18-8-10-19(34-3)11-9-18/h7-13,15,26,30H,4-6,14H2,1-3H3/t26-/m1/s1. The molecule has 0 amide bonds. The number of carbonyl (C=O) groups is 2. The van der Waals surface area contributed by atoms with Gasteiger partial charge in [-0.05, 0) is 56.5 Å². The van der Waals surface area contributed by atoms with E-state index in [1.54, 1.807) is 38.3 Å². The van der Waals surface area contributed by atoms with E-state index in [1.807, 2.05) is 25.1 Å². The van der Waals surface area contributed by atoms with Crippen LogP contribution in [0.5, 0.6) is 5.75 Å². The third kappa shape index (κ3) is 4.21. The third-order valence-electron chi connectivity index (χ3n) is 6.79. The van der Waals surface area contributed by atoms with Crippen molar-refractivity contribution < 1.29 is 23.5 Å². The molecule has 0 saturated heterocycles. The molecule has 0 spiro atoms. The van der Waals surface area contributed by atoms with Gasteiger partial charge in [-0.25, -0.2) is 4.79 Å². The molecule has 2 aliphatic rings. The summed E-state index contributed by atoms with van der Waals surface area (Å²) in [7, 11) is 1.58. The van der Waals surface area contributed by atoms with Gasteiger partial charge in [-0.1, -0.05) is 23.8 Å². The molecule has 7 heteroatoms. The van der Waals surface area contributed by atoms with Crippen LogP contribution >= 0.6 is 0 Å². The average Bonchev–Trinajstić information content (AvgIpc) is 2.87. The molecule has 0 bridgehead atoms. The normalized spacial score (nSPS) is 17.6. The first-order valence-corrected chi connectivity index (χ1v) is 11.9. The highest BCUT2D eigenvalue weighted by atomic mass is 16.5. The molecule has 0 unspecified atom stereocenters. The van der Waals surface area contributed by atoms with Crippen LogP contribution in [0.3, 0.4) is 0 Å². The highest BCUT2D eigenvalue weighted by molar-refractivity contribution is 6.04. The number of allylic oxidation sites excluding steroid dienone is 3. The predicted molar refractivity (Wildman–Crippen MR) is 134 cm³/mol. The molecule has 1 N–H and O–H groups in total. The molecule has 1 aliphatic carbocycles. The highest BCUT2D eigenvalue weighted by Gasteiger charge is 2.40. The zero-order valence-electron chi connectivity index (χ0n) is 20.5. The Labute approximate surface area is 208 Å². The molecule has 1 aliphatic heterocycles. The second kappa shape index (κ2) is 9.49. The van der Waals surface area contributed by atoms with E-state index in [9.17, 15) is 14.4 Å². The molecule has 7 nitrogen and oxygen atoms in total. The number of dihydropyridines is 1. The number of methoxy groups -OCH3 is 1. The number of benzene rings is 2. The van der Waals surface area contributed by atoms with Crippen LogP contribution in [-0.2, 0) is 20.9 Å². The van der Waals surface area contributed by atoms with E-state index >= 15 is 0 Å². The van der Waals surface area contributed by atoms with Crippen molar-refractivity contribution in [3.05, 3.63) is 98.2 Å². The predicted octanol–water partition coefficient (Wildman–Crippen LogP) is 4.82. The van der Waals surface area contributed by atoms with Gasteiger partial charge in [0.05, 0.1) is 30.3 Å². The molecule has 5 rings (SSSR count). The Balaban J connectivity index is 1.57. The first-order chi connectivity index (χ1) is 17.4. The summed E-state index contributed by atoms with van der Waals surface area (Å²) in [6.07, 6.45) is 3.13. The Morgan fingerprint density at radius 2 is 1.86 bits per heavy atom. The van der Waals surface area contributed by atoms with Crippen LogP contribution in [0.4, 0.5) is 0 Å². The Hall–Kier alpha value is -4.13. The van der Waals surface area contributed by atoms with Crippen molar-refractivity contribution in [3.8, 4) is 5.75 Å². The van der Waals surface area contributed by atoms with E-state index in [0.717, 1.165) is 16.8 Å². The number of ether oxygens (including phenoxy) is 2. The third-order valence-corrected chi connectivity index (χ3v) is 6.79. The van der Waals surface area contributed by atoms with Crippen molar-refractivity contribution in [2.24, 2.45) is 0 Å². The second-order valence-corrected chi connectivity index (χ2v) is 9.21. The maximum Gasteiger partial charge on any atom is 0.337 e. The van der Waals surface area contributed by atoms with Crippen molar-refractivity contribution in [3.63, 3.8) is 0 Å². The van der Waals surface area contributed by atoms with Crippen LogP contribution in [0.2, 0.25) is 0 Å². The second-order valence-electron chi connectivity index (χ2n) is 9.21. The maximum atomic E-state index is 13.7. The molecular formula is C29H27NO6. The Morgan fingerprint density at radius 3 is 2.61 bits per heavy atom. The summed E-state index contributed by atoms with van der Waals surface area (Å²) in [6, 6.07) is 12.6. The van der Waals surface area contributed by atoms with Gasteiger partial charge in [-0.2, -0.15) is 0 Å². The van der Waals surface area contributed by atoms with Gasteiger partial charge < -0.3 is 19.2 Å². The Morgan fingerprint density at radius 1 is 1.08 bits per heavy atom. The van der Waals surface area contributed by atoms with Crippen LogP contribution in [0.25, 0.3) is 11.0 Å². The zero-order valence-corrected chi connectivity index (χ0v) is 20.5. The molecule has 1 atom stereocenters. The Bertz CT molecular complexity index is 1490. The average molecular weight is 486 g/mol. The summed E-state index contributed by atoms with van der Waals surface area (Å²) in [5, 5.41) is 3.66. The van der Waals surface area contributed by atoms with Gasteiger partial charge in [-0.15, -0.1) is 0 Å². The monoisotopic (exact) mass is 485 g/mol. The molecule has 0 saturated carbocycles. The highest BCUT2D eigenvalue weighted by Crippen LogP contribution is 2.42. The smallest absolute Gasteiger partial charge is 0.337 e. The van der Waals surface area contributed by atoms with Gasteiger partial charge in [0.1, 0.15) is 17.9 Å².